The van der Waals surface area contributed by atoms with Crippen molar-refractivity contribution in [3.63, 3.8) is 0 Å². The third-order valence-electron chi connectivity index (χ3n) is 8.75. The van der Waals surface area contributed by atoms with Gasteiger partial charge in [-0.3, -0.25) is 0 Å². The normalized spacial score (nSPS) is 12.3. The molecule has 6 rings (SSSR count). The topological polar surface area (TPSA) is 0 Å². The van der Waals surface area contributed by atoms with Crippen LogP contribution in [0.5, 0.6) is 0 Å². The highest BCUT2D eigenvalue weighted by Gasteiger charge is 2.38. The van der Waals surface area contributed by atoms with Gasteiger partial charge in [-0.05, 0) is 71.2 Å². The Morgan fingerprint density at radius 1 is 0.512 bits per heavy atom. The van der Waals surface area contributed by atoms with E-state index in [4.69, 9.17) is 0 Å². The molecule has 6 aromatic rings. The summed E-state index contributed by atoms with van der Waals surface area (Å²) in [5.74, 6) is 0. The van der Waals surface area contributed by atoms with E-state index in [1.165, 1.54) is 49.8 Å². The predicted molar refractivity (Wildman–Crippen MR) is 186 cm³/mol. The molecule has 0 aliphatic rings. The van der Waals surface area contributed by atoms with Gasteiger partial charge in [0, 0.05) is 11.1 Å². The third kappa shape index (κ3) is 5.86. The summed E-state index contributed by atoms with van der Waals surface area (Å²) in [6.45, 7) is 7.07. The maximum absolute atomic E-state index is 2.50. The summed E-state index contributed by atoms with van der Waals surface area (Å²) in [4.78, 5) is 0. The maximum Gasteiger partial charge on any atom is 0.0491 e. The van der Waals surface area contributed by atoms with Gasteiger partial charge in [-0.1, -0.05) is 177 Å². The largest absolute Gasteiger partial charge is 0.0657 e. The molecule has 1 heteroatoms. The summed E-state index contributed by atoms with van der Waals surface area (Å²) < 4.78 is 0. The lowest BCUT2D eigenvalue weighted by atomic mass is 9.66. The molecule has 0 fully saturated rings. The molecule has 0 saturated heterocycles. The minimum atomic E-state index is -0.605. The molecule has 0 aliphatic carbocycles. The summed E-state index contributed by atoms with van der Waals surface area (Å²) in [7, 11) is -0.605. The molecule has 0 heterocycles. The summed E-state index contributed by atoms with van der Waals surface area (Å²) in [5.41, 5.74) is 10.8. The van der Waals surface area contributed by atoms with E-state index in [0.717, 1.165) is 6.42 Å². The van der Waals surface area contributed by atoms with Crippen LogP contribution < -0.4 is 5.30 Å². The van der Waals surface area contributed by atoms with Gasteiger partial charge in [-0.25, -0.2) is 0 Å². The Bertz CT molecular complexity index is 1610. The van der Waals surface area contributed by atoms with Crippen molar-refractivity contribution in [2.45, 2.75) is 31.3 Å². The maximum atomic E-state index is 2.50. The van der Waals surface area contributed by atoms with Crippen molar-refractivity contribution in [2.75, 3.05) is 6.66 Å². The summed E-state index contributed by atoms with van der Waals surface area (Å²) in [5, 5.41) is 1.52. The molecule has 0 spiro atoms. The fourth-order valence-corrected chi connectivity index (χ4v) is 9.70. The number of hydrogen-bond donors (Lipinski definition) is 0. The standard InChI is InChI=1S/C42H39P/c1-32-29-33(2)40(43(3)41(34-19-9-4-10-20-34)35-21-11-5-12-22-35)36(30-32)31-42(37-23-13-6-14-24-37,38-25-15-7-16-26-38)39-27-17-8-18-28-39/h4-30,41H,31H2,1-3H3/t43-/m0/s1. The molecular weight excluding hydrogens is 535 g/mol. The average molecular weight is 575 g/mol. The fraction of sp³-hybridized carbons (Fsp3) is 0.143. The molecule has 0 bridgehead atoms. The summed E-state index contributed by atoms with van der Waals surface area (Å²) in [6, 6.07) is 60.5. The van der Waals surface area contributed by atoms with E-state index >= 15 is 0 Å². The highest BCUT2D eigenvalue weighted by atomic mass is 31.1. The minimum absolute atomic E-state index is 0.303. The highest BCUT2D eigenvalue weighted by molar-refractivity contribution is 7.65. The van der Waals surface area contributed by atoms with E-state index in [-0.39, 0.29) is 5.41 Å². The number of rotatable bonds is 9. The second kappa shape index (κ2) is 12.9. The van der Waals surface area contributed by atoms with Crippen molar-refractivity contribution < 1.29 is 0 Å². The van der Waals surface area contributed by atoms with Crippen LogP contribution in [-0.2, 0) is 11.8 Å². The van der Waals surface area contributed by atoms with Crippen LogP contribution >= 0.6 is 7.92 Å². The Morgan fingerprint density at radius 3 is 1.28 bits per heavy atom. The van der Waals surface area contributed by atoms with Crippen LogP contribution in [0.25, 0.3) is 0 Å². The number of hydrogen-bond acceptors (Lipinski definition) is 0. The van der Waals surface area contributed by atoms with Gasteiger partial charge in [0.25, 0.3) is 0 Å². The SMILES string of the molecule is Cc1cc(C)c([P@](C)C(c2ccccc2)c2ccccc2)c(CC(c2ccccc2)(c2ccccc2)c2ccccc2)c1. The molecule has 0 aliphatic heterocycles. The van der Waals surface area contributed by atoms with Gasteiger partial charge < -0.3 is 0 Å². The first-order valence-corrected chi connectivity index (χ1v) is 17.0. The minimum Gasteiger partial charge on any atom is -0.0657 e. The van der Waals surface area contributed by atoms with E-state index in [9.17, 15) is 0 Å². The molecule has 0 unspecified atom stereocenters. The Kier molecular flexibility index (Phi) is 8.69. The van der Waals surface area contributed by atoms with E-state index in [1.54, 1.807) is 0 Å². The molecule has 0 aromatic heterocycles. The van der Waals surface area contributed by atoms with E-state index in [1.807, 2.05) is 0 Å². The highest BCUT2D eigenvalue weighted by Crippen LogP contribution is 2.53. The van der Waals surface area contributed by atoms with Crippen molar-refractivity contribution in [2.24, 2.45) is 0 Å². The van der Waals surface area contributed by atoms with Crippen LogP contribution in [0.15, 0.2) is 164 Å². The molecule has 212 valence electrons. The van der Waals surface area contributed by atoms with Gasteiger partial charge in [-0.2, -0.15) is 0 Å². The molecular formula is C42H39P. The molecule has 1 atom stereocenters. The molecule has 0 amide bonds. The Morgan fingerprint density at radius 2 is 0.884 bits per heavy atom. The van der Waals surface area contributed by atoms with Crippen LogP contribution in [-0.4, -0.2) is 6.66 Å². The first-order valence-electron chi connectivity index (χ1n) is 15.2. The Labute approximate surface area is 258 Å². The number of benzene rings is 6. The zero-order chi connectivity index (χ0) is 29.6. The van der Waals surface area contributed by atoms with Crippen molar-refractivity contribution in [3.8, 4) is 0 Å². The molecule has 0 radical (unpaired) electrons. The second-order valence-corrected chi connectivity index (χ2v) is 13.8. The van der Waals surface area contributed by atoms with Crippen molar-refractivity contribution in [1.29, 1.82) is 0 Å². The lowest BCUT2D eigenvalue weighted by Gasteiger charge is -2.38. The average Bonchev–Trinajstić information content (AvgIpc) is 3.06. The lowest BCUT2D eigenvalue weighted by molar-refractivity contribution is 0.614. The predicted octanol–water partition coefficient (Wildman–Crippen LogP) is 10.4. The Balaban J connectivity index is 1.59. The molecule has 6 aromatic carbocycles. The summed E-state index contributed by atoms with van der Waals surface area (Å²) >= 11 is 0. The van der Waals surface area contributed by atoms with Crippen LogP contribution in [0.1, 0.15) is 50.2 Å². The van der Waals surface area contributed by atoms with E-state index in [2.05, 4.69) is 184 Å². The van der Waals surface area contributed by atoms with Gasteiger partial charge in [0.1, 0.15) is 0 Å². The number of aryl methyl sites for hydroxylation is 2. The van der Waals surface area contributed by atoms with Crippen molar-refractivity contribution in [1.82, 2.24) is 0 Å². The van der Waals surface area contributed by atoms with E-state index < -0.39 is 7.92 Å². The van der Waals surface area contributed by atoms with Crippen LogP contribution in [0, 0.1) is 13.8 Å². The molecule has 43 heavy (non-hydrogen) atoms. The van der Waals surface area contributed by atoms with Crippen molar-refractivity contribution >= 4 is 13.2 Å². The molecule has 0 N–H and O–H groups in total. The first-order chi connectivity index (χ1) is 21.1. The van der Waals surface area contributed by atoms with Crippen LogP contribution in [0.3, 0.4) is 0 Å². The fourth-order valence-electron chi connectivity index (χ4n) is 6.99. The zero-order valence-corrected chi connectivity index (χ0v) is 26.2. The quantitative estimate of drug-likeness (QED) is 0.119. The van der Waals surface area contributed by atoms with Gasteiger partial charge in [0.2, 0.25) is 0 Å². The van der Waals surface area contributed by atoms with Gasteiger partial charge in [0.15, 0.2) is 0 Å². The van der Waals surface area contributed by atoms with Gasteiger partial charge >= 0.3 is 0 Å². The monoisotopic (exact) mass is 574 g/mol. The smallest absolute Gasteiger partial charge is 0.0491 e. The Hall–Kier alpha value is -4.25. The van der Waals surface area contributed by atoms with Gasteiger partial charge in [-0.15, -0.1) is 0 Å². The lowest BCUT2D eigenvalue weighted by Crippen LogP contribution is -2.34. The van der Waals surface area contributed by atoms with Crippen LogP contribution in [0.4, 0.5) is 0 Å². The van der Waals surface area contributed by atoms with E-state index in [0.29, 0.717) is 5.66 Å². The zero-order valence-electron chi connectivity index (χ0n) is 25.3. The second-order valence-electron chi connectivity index (χ2n) is 11.6. The van der Waals surface area contributed by atoms with Crippen molar-refractivity contribution in [3.05, 3.63) is 208 Å². The first kappa shape index (κ1) is 28.9. The summed E-state index contributed by atoms with van der Waals surface area (Å²) in [6.07, 6.45) is 0.881. The third-order valence-corrected chi connectivity index (χ3v) is 11.5. The molecule has 0 saturated carbocycles. The van der Waals surface area contributed by atoms with Gasteiger partial charge in [0.05, 0.1) is 0 Å². The van der Waals surface area contributed by atoms with Crippen LogP contribution in [0.2, 0.25) is 0 Å². The molecule has 0 nitrogen and oxygen atoms in total.